The Kier molecular flexibility index (Phi) is 4.95. The molecule has 4 nitrogen and oxygen atoms in total. The fourth-order valence-electron chi connectivity index (χ4n) is 7.82. The lowest BCUT2D eigenvalue weighted by Gasteiger charge is -2.62. The molecule has 0 aromatic rings. The average molecular weight is 376 g/mol. The van der Waals surface area contributed by atoms with Gasteiger partial charge in [-0.1, -0.05) is 19.9 Å². The Morgan fingerprint density at radius 2 is 2.00 bits per heavy atom. The second kappa shape index (κ2) is 6.88. The molecule has 3 unspecified atom stereocenters. The first-order valence-corrected chi connectivity index (χ1v) is 10.9. The minimum absolute atomic E-state index is 0.199. The summed E-state index contributed by atoms with van der Waals surface area (Å²) in [6.07, 6.45) is 10.0. The van der Waals surface area contributed by atoms with E-state index in [1.165, 1.54) is 19.3 Å². The summed E-state index contributed by atoms with van der Waals surface area (Å²) in [7, 11) is 3.91. The van der Waals surface area contributed by atoms with Gasteiger partial charge in [0.1, 0.15) is 0 Å². The monoisotopic (exact) mass is 375 g/mol. The van der Waals surface area contributed by atoms with Crippen molar-refractivity contribution in [3.63, 3.8) is 0 Å². The molecule has 27 heavy (non-hydrogen) atoms. The van der Waals surface area contributed by atoms with E-state index in [1.54, 1.807) is 0 Å². The molecule has 1 heterocycles. The van der Waals surface area contributed by atoms with E-state index in [9.17, 15) is 4.79 Å². The quantitative estimate of drug-likeness (QED) is 0.696. The number of carbonyl (C=O) groups is 1. The molecule has 1 aliphatic heterocycles. The number of nitrogens with zero attached hydrogens (tertiary/aromatic N) is 1. The Morgan fingerprint density at radius 3 is 2.70 bits per heavy atom. The van der Waals surface area contributed by atoms with Crippen LogP contribution in [0.1, 0.15) is 58.8 Å². The fraction of sp³-hybridized carbons (Fsp3) is 0.870. The molecule has 0 bridgehead atoms. The van der Waals surface area contributed by atoms with Gasteiger partial charge in [-0.05, 0) is 60.7 Å². The highest BCUT2D eigenvalue weighted by molar-refractivity contribution is 5.77. The maximum absolute atomic E-state index is 12.3. The summed E-state index contributed by atoms with van der Waals surface area (Å²) < 4.78 is 12.3. The molecular weight excluding hydrogens is 338 g/mol. The molecule has 0 radical (unpaired) electrons. The maximum atomic E-state index is 12.3. The predicted octanol–water partition coefficient (Wildman–Crippen LogP) is 4.05. The van der Waals surface area contributed by atoms with E-state index in [0.29, 0.717) is 48.8 Å². The number of fused-ring (bicyclic) bond motifs is 5. The smallest absolute Gasteiger partial charge is 0.222 e. The number of ether oxygens (including phenoxy) is 2. The highest BCUT2D eigenvalue weighted by Crippen LogP contribution is 2.65. The molecule has 4 rings (SSSR count). The van der Waals surface area contributed by atoms with Gasteiger partial charge in [-0.15, -0.1) is 6.58 Å². The van der Waals surface area contributed by atoms with Gasteiger partial charge in [0.25, 0.3) is 0 Å². The van der Waals surface area contributed by atoms with Crippen LogP contribution >= 0.6 is 0 Å². The van der Waals surface area contributed by atoms with Gasteiger partial charge in [0.15, 0.2) is 0 Å². The van der Waals surface area contributed by atoms with Crippen molar-refractivity contribution in [1.29, 1.82) is 0 Å². The molecule has 1 saturated heterocycles. The number of carbonyl (C=O) groups excluding carboxylic acids is 1. The van der Waals surface area contributed by atoms with E-state index in [1.807, 2.05) is 20.2 Å². The van der Waals surface area contributed by atoms with E-state index in [2.05, 4.69) is 25.3 Å². The Morgan fingerprint density at radius 1 is 1.22 bits per heavy atom. The van der Waals surface area contributed by atoms with Crippen LogP contribution in [0.2, 0.25) is 0 Å². The van der Waals surface area contributed by atoms with Gasteiger partial charge >= 0.3 is 0 Å². The molecule has 0 aromatic carbocycles. The minimum atomic E-state index is 0.199. The van der Waals surface area contributed by atoms with Gasteiger partial charge < -0.3 is 14.4 Å². The molecule has 4 heteroatoms. The topological polar surface area (TPSA) is 38.8 Å². The lowest BCUT2D eigenvalue weighted by atomic mass is 9.47. The first kappa shape index (κ1) is 19.4. The van der Waals surface area contributed by atoms with Crippen molar-refractivity contribution in [3.8, 4) is 0 Å². The largest absolute Gasteiger partial charge is 0.381 e. The third kappa shape index (κ3) is 2.73. The van der Waals surface area contributed by atoms with Gasteiger partial charge in [0.2, 0.25) is 5.91 Å². The van der Waals surface area contributed by atoms with Crippen molar-refractivity contribution in [2.75, 3.05) is 20.8 Å². The van der Waals surface area contributed by atoms with Crippen LogP contribution in [0.4, 0.5) is 0 Å². The van der Waals surface area contributed by atoms with Gasteiger partial charge in [-0.2, -0.15) is 0 Å². The molecule has 0 spiro atoms. The van der Waals surface area contributed by atoms with E-state index in [-0.39, 0.29) is 16.9 Å². The predicted molar refractivity (Wildman–Crippen MR) is 106 cm³/mol. The van der Waals surface area contributed by atoms with Crippen LogP contribution in [-0.4, -0.2) is 49.8 Å². The summed E-state index contributed by atoms with van der Waals surface area (Å²) in [5.41, 5.74) is 0.454. The summed E-state index contributed by atoms with van der Waals surface area (Å²) in [5, 5.41) is 0. The van der Waals surface area contributed by atoms with E-state index >= 15 is 0 Å². The fourth-order valence-corrected chi connectivity index (χ4v) is 7.82. The molecule has 4 fully saturated rings. The highest BCUT2D eigenvalue weighted by Gasteiger charge is 2.64. The summed E-state index contributed by atoms with van der Waals surface area (Å²) in [6, 6.07) is 0.416. The summed E-state index contributed by atoms with van der Waals surface area (Å²) in [6.45, 7) is 9.39. The Balaban J connectivity index is 1.64. The number of likely N-dealkylation sites (tertiary alicyclic amines) is 1. The van der Waals surface area contributed by atoms with Crippen LogP contribution in [0.25, 0.3) is 0 Å². The maximum Gasteiger partial charge on any atom is 0.222 e. The van der Waals surface area contributed by atoms with Crippen LogP contribution < -0.4 is 0 Å². The number of methoxy groups -OCH3 is 1. The van der Waals surface area contributed by atoms with Gasteiger partial charge in [0.05, 0.1) is 18.8 Å². The zero-order valence-electron chi connectivity index (χ0n) is 17.6. The SMILES string of the molecule is C=CCOC1CC(OC)[C@H]2[C@@H]3CCC4N(C)C(=O)CC[C@]4(C)[C@@H]3CC[C@]12C. The lowest BCUT2D eigenvalue weighted by molar-refractivity contribution is -0.166. The first-order valence-electron chi connectivity index (χ1n) is 10.9. The lowest BCUT2D eigenvalue weighted by Crippen LogP contribution is -2.62. The summed E-state index contributed by atoms with van der Waals surface area (Å²) >= 11 is 0. The number of hydrogen-bond acceptors (Lipinski definition) is 3. The molecular formula is C23H37NO3. The second-order valence-electron chi connectivity index (χ2n) is 10.1. The van der Waals surface area contributed by atoms with Crippen LogP contribution in [-0.2, 0) is 14.3 Å². The van der Waals surface area contributed by atoms with Crippen LogP contribution in [0, 0.1) is 28.6 Å². The molecule has 0 N–H and O–H groups in total. The molecule has 0 aromatic heterocycles. The van der Waals surface area contributed by atoms with Crippen LogP contribution in [0.5, 0.6) is 0 Å². The number of hydrogen-bond donors (Lipinski definition) is 0. The Labute approximate surface area is 164 Å². The zero-order valence-corrected chi connectivity index (χ0v) is 17.6. The molecule has 1 amide bonds. The van der Waals surface area contributed by atoms with E-state index < -0.39 is 0 Å². The summed E-state index contributed by atoms with van der Waals surface area (Å²) in [4.78, 5) is 14.4. The second-order valence-corrected chi connectivity index (χ2v) is 10.1. The standard InChI is InChI=1S/C23H37NO3/c1-6-13-27-19-14-17(26-5)21-15-7-8-18-22(2,12-10-20(25)24(18)4)16(15)9-11-23(19,21)3/h6,15-19,21H,1,7-14H2,2-5H3/t15-,16-,17?,18?,19?,21-,22-,23-/m1/s1. The highest BCUT2D eigenvalue weighted by atomic mass is 16.5. The van der Waals surface area contributed by atoms with Gasteiger partial charge in [-0.25, -0.2) is 0 Å². The normalized spacial score (nSPS) is 49.3. The van der Waals surface area contributed by atoms with Crippen LogP contribution in [0.15, 0.2) is 12.7 Å². The summed E-state index contributed by atoms with van der Waals surface area (Å²) in [5.74, 6) is 2.29. The Hall–Kier alpha value is -0.870. The van der Waals surface area contributed by atoms with Crippen LogP contribution in [0.3, 0.4) is 0 Å². The van der Waals surface area contributed by atoms with Crippen molar-refractivity contribution < 1.29 is 14.3 Å². The van der Waals surface area contributed by atoms with Crippen molar-refractivity contribution in [3.05, 3.63) is 12.7 Å². The van der Waals surface area contributed by atoms with E-state index in [4.69, 9.17) is 9.47 Å². The van der Waals surface area contributed by atoms with Crippen molar-refractivity contribution in [2.45, 2.75) is 77.0 Å². The zero-order chi connectivity index (χ0) is 19.4. The van der Waals surface area contributed by atoms with Crippen molar-refractivity contribution in [2.24, 2.45) is 28.6 Å². The third-order valence-electron chi connectivity index (χ3n) is 9.15. The molecule has 4 aliphatic rings. The first-order chi connectivity index (χ1) is 12.9. The van der Waals surface area contributed by atoms with E-state index in [0.717, 1.165) is 19.3 Å². The Bertz CT molecular complexity index is 606. The average Bonchev–Trinajstić information content (AvgIpc) is 2.95. The molecule has 8 atom stereocenters. The third-order valence-corrected chi connectivity index (χ3v) is 9.15. The number of amides is 1. The molecule has 3 saturated carbocycles. The van der Waals surface area contributed by atoms with Crippen molar-refractivity contribution in [1.82, 2.24) is 4.90 Å². The van der Waals surface area contributed by atoms with Gasteiger partial charge in [0, 0.05) is 33.0 Å². The molecule has 152 valence electrons. The number of rotatable bonds is 4. The molecule has 3 aliphatic carbocycles. The minimum Gasteiger partial charge on any atom is -0.381 e. The van der Waals surface area contributed by atoms with Gasteiger partial charge in [-0.3, -0.25) is 4.79 Å². The number of piperidine rings is 1. The van der Waals surface area contributed by atoms with Crippen molar-refractivity contribution >= 4 is 5.91 Å².